The summed E-state index contributed by atoms with van der Waals surface area (Å²) in [7, 11) is 0. The molecule has 1 rings (SSSR count). The van der Waals surface area contributed by atoms with Crippen LogP contribution in [0, 0.1) is 0 Å². The van der Waals surface area contributed by atoms with E-state index in [-0.39, 0.29) is 6.04 Å². The fourth-order valence-corrected chi connectivity index (χ4v) is 1.93. The van der Waals surface area contributed by atoms with Gasteiger partial charge in [-0.2, -0.15) is 0 Å². The Balaban J connectivity index is 2.48. The first kappa shape index (κ1) is 14.6. The average Bonchev–Trinajstić information content (AvgIpc) is 2.20. The SMILES string of the molecule is CC(C)(C)OC(=O)N[C@@H]1CC[C@H](O)[C@@H](N=[N+]=[N-])C1. The second-order valence-electron chi connectivity index (χ2n) is 5.50. The van der Waals surface area contributed by atoms with Gasteiger partial charge in [0.1, 0.15) is 5.60 Å². The van der Waals surface area contributed by atoms with Gasteiger partial charge in [-0.3, -0.25) is 0 Å². The van der Waals surface area contributed by atoms with Crippen LogP contribution in [0.3, 0.4) is 0 Å². The molecule has 1 fully saturated rings. The summed E-state index contributed by atoms with van der Waals surface area (Å²) in [6.07, 6.45) is 0.480. The highest BCUT2D eigenvalue weighted by atomic mass is 16.6. The lowest BCUT2D eigenvalue weighted by molar-refractivity contribution is 0.0441. The zero-order valence-corrected chi connectivity index (χ0v) is 11.0. The van der Waals surface area contributed by atoms with Crippen molar-refractivity contribution in [2.24, 2.45) is 5.11 Å². The lowest BCUT2D eigenvalue weighted by Gasteiger charge is -2.31. The summed E-state index contributed by atoms with van der Waals surface area (Å²) in [5.41, 5.74) is 7.85. The summed E-state index contributed by atoms with van der Waals surface area (Å²) in [4.78, 5) is 14.3. The molecule has 7 heteroatoms. The van der Waals surface area contributed by atoms with E-state index in [1.807, 2.05) is 0 Å². The summed E-state index contributed by atoms with van der Waals surface area (Å²) in [5, 5.41) is 15.9. The third kappa shape index (κ3) is 4.81. The molecule has 3 atom stereocenters. The van der Waals surface area contributed by atoms with Gasteiger partial charge in [-0.15, -0.1) is 0 Å². The van der Waals surface area contributed by atoms with Crippen LogP contribution in [-0.4, -0.2) is 35.0 Å². The van der Waals surface area contributed by atoms with E-state index in [0.29, 0.717) is 19.3 Å². The number of azide groups is 1. The van der Waals surface area contributed by atoms with Gasteiger partial charge in [0, 0.05) is 11.0 Å². The predicted molar refractivity (Wildman–Crippen MR) is 65.9 cm³/mol. The molecule has 102 valence electrons. The monoisotopic (exact) mass is 256 g/mol. The highest BCUT2D eigenvalue weighted by Gasteiger charge is 2.30. The zero-order valence-electron chi connectivity index (χ0n) is 11.0. The lowest BCUT2D eigenvalue weighted by atomic mass is 9.89. The minimum atomic E-state index is -0.627. The van der Waals surface area contributed by atoms with Crippen molar-refractivity contribution in [2.75, 3.05) is 0 Å². The molecule has 1 aliphatic rings. The molecule has 1 aliphatic carbocycles. The Bertz CT molecular complexity index is 347. The van der Waals surface area contributed by atoms with Gasteiger partial charge in [0.15, 0.2) is 0 Å². The van der Waals surface area contributed by atoms with E-state index in [0.717, 1.165) is 0 Å². The molecule has 0 bridgehead atoms. The number of rotatable bonds is 2. The first-order chi connectivity index (χ1) is 8.31. The highest BCUT2D eigenvalue weighted by molar-refractivity contribution is 5.68. The number of nitrogens with zero attached hydrogens (tertiary/aromatic N) is 3. The minimum Gasteiger partial charge on any atom is -0.444 e. The third-order valence-electron chi connectivity index (χ3n) is 2.70. The summed E-state index contributed by atoms with van der Waals surface area (Å²) in [6, 6.07) is -0.609. The number of aliphatic hydroxyl groups excluding tert-OH is 1. The first-order valence-electron chi connectivity index (χ1n) is 6.03. The van der Waals surface area contributed by atoms with Crippen molar-refractivity contribution in [1.29, 1.82) is 0 Å². The second-order valence-corrected chi connectivity index (χ2v) is 5.50. The molecule has 2 N–H and O–H groups in total. The number of nitrogens with one attached hydrogen (secondary N) is 1. The van der Waals surface area contributed by atoms with Gasteiger partial charge in [-0.05, 0) is 45.6 Å². The van der Waals surface area contributed by atoms with E-state index in [1.54, 1.807) is 20.8 Å². The Morgan fingerprint density at radius 2 is 2.17 bits per heavy atom. The predicted octanol–water partition coefficient (Wildman–Crippen LogP) is 2.10. The first-order valence-corrected chi connectivity index (χ1v) is 6.03. The van der Waals surface area contributed by atoms with Gasteiger partial charge in [-0.1, -0.05) is 5.11 Å². The van der Waals surface area contributed by atoms with Crippen molar-refractivity contribution in [1.82, 2.24) is 5.32 Å². The lowest BCUT2D eigenvalue weighted by Crippen LogP contribution is -2.45. The van der Waals surface area contributed by atoms with E-state index in [9.17, 15) is 9.90 Å². The molecule has 7 nitrogen and oxygen atoms in total. The van der Waals surface area contributed by atoms with Crippen molar-refractivity contribution in [3.63, 3.8) is 0 Å². The van der Waals surface area contributed by atoms with Crippen LogP contribution in [0.25, 0.3) is 10.4 Å². The number of carbonyl (C=O) groups excluding carboxylic acids is 1. The summed E-state index contributed by atoms with van der Waals surface area (Å²) < 4.78 is 5.15. The largest absolute Gasteiger partial charge is 0.444 e. The fourth-order valence-electron chi connectivity index (χ4n) is 1.93. The maximum absolute atomic E-state index is 11.6. The molecule has 0 heterocycles. The number of aliphatic hydroxyl groups is 1. The van der Waals surface area contributed by atoms with Crippen molar-refractivity contribution >= 4 is 6.09 Å². The van der Waals surface area contributed by atoms with Crippen LogP contribution < -0.4 is 5.32 Å². The standard InChI is InChI=1S/C11H20N4O3/c1-11(2,3)18-10(17)13-7-4-5-9(16)8(6-7)14-15-12/h7-9,16H,4-6H2,1-3H3,(H,13,17)/t7-,8+,9+/m1/s1. The van der Waals surface area contributed by atoms with Crippen molar-refractivity contribution < 1.29 is 14.6 Å². The fraction of sp³-hybridized carbons (Fsp3) is 0.909. The molecule has 0 aromatic heterocycles. The van der Waals surface area contributed by atoms with E-state index in [2.05, 4.69) is 15.3 Å². The topological polar surface area (TPSA) is 107 Å². The van der Waals surface area contributed by atoms with Crippen LogP contribution in [0.1, 0.15) is 40.0 Å². The summed E-state index contributed by atoms with van der Waals surface area (Å²) in [5.74, 6) is 0. The van der Waals surface area contributed by atoms with Gasteiger partial charge in [0.25, 0.3) is 0 Å². The van der Waals surface area contributed by atoms with Gasteiger partial charge in [0.05, 0.1) is 12.1 Å². The Kier molecular flexibility index (Phi) is 4.81. The quantitative estimate of drug-likeness (QED) is 0.448. The summed E-state index contributed by atoms with van der Waals surface area (Å²) >= 11 is 0. The van der Waals surface area contributed by atoms with Gasteiger partial charge in [0.2, 0.25) is 0 Å². The number of ether oxygens (including phenoxy) is 1. The molecular weight excluding hydrogens is 236 g/mol. The molecule has 0 saturated heterocycles. The molecule has 0 aromatic carbocycles. The molecule has 1 amide bonds. The molecule has 1 saturated carbocycles. The number of hydrogen-bond acceptors (Lipinski definition) is 4. The zero-order chi connectivity index (χ0) is 13.8. The Labute approximate surface area is 106 Å². The van der Waals surface area contributed by atoms with Gasteiger partial charge < -0.3 is 15.2 Å². The maximum Gasteiger partial charge on any atom is 0.407 e. The van der Waals surface area contributed by atoms with E-state index in [4.69, 9.17) is 10.3 Å². The van der Waals surface area contributed by atoms with Crippen LogP contribution in [0.4, 0.5) is 4.79 Å². The molecule has 18 heavy (non-hydrogen) atoms. The van der Waals surface area contributed by atoms with Crippen molar-refractivity contribution in [2.45, 2.75) is 63.8 Å². The molecular formula is C11H20N4O3. The van der Waals surface area contributed by atoms with Crippen molar-refractivity contribution in [3.05, 3.63) is 10.4 Å². The average molecular weight is 256 g/mol. The van der Waals surface area contributed by atoms with Crippen LogP contribution >= 0.6 is 0 Å². The maximum atomic E-state index is 11.6. The van der Waals surface area contributed by atoms with E-state index in [1.165, 1.54) is 0 Å². The van der Waals surface area contributed by atoms with E-state index >= 15 is 0 Å². The number of amides is 1. The second kappa shape index (κ2) is 5.93. The molecule has 0 aromatic rings. The Morgan fingerprint density at radius 1 is 1.50 bits per heavy atom. The molecule has 0 spiro atoms. The highest BCUT2D eigenvalue weighted by Crippen LogP contribution is 2.22. The van der Waals surface area contributed by atoms with E-state index < -0.39 is 23.8 Å². The van der Waals surface area contributed by atoms with Gasteiger partial charge >= 0.3 is 6.09 Å². The normalized spacial score (nSPS) is 28.1. The number of alkyl carbamates (subject to hydrolysis) is 1. The third-order valence-corrected chi connectivity index (χ3v) is 2.70. The summed E-state index contributed by atoms with van der Waals surface area (Å²) in [6.45, 7) is 5.37. The van der Waals surface area contributed by atoms with Crippen LogP contribution in [0.5, 0.6) is 0 Å². The number of hydrogen-bond donors (Lipinski definition) is 2. The molecule has 0 unspecified atom stereocenters. The Morgan fingerprint density at radius 3 is 2.72 bits per heavy atom. The smallest absolute Gasteiger partial charge is 0.407 e. The number of carbonyl (C=O) groups is 1. The van der Waals surface area contributed by atoms with Crippen LogP contribution in [0.15, 0.2) is 5.11 Å². The Hall–Kier alpha value is -1.46. The molecule has 0 aliphatic heterocycles. The van der Waals surface area contributed by atoms with Gasteiger partial charge in [-0.25, -0.2) is 4.79 Å². The minimum absolute atomic E-state index is 0.126. The van der Waals surface area contributed by atoms with Crippen LogP contribution in [0.2, 0.25) is 0 Å². The van der Waals surface area contributed by atoms with Crippen molar-refractivity contribution in [3.8, 4) is 0 Å². The van der Waals surface area contributed by atoms with Crippen LogP contribution in [-0.2, 0) is 4.74 Å². The molecule has 0 radical (unpaired) electrons.